The number of hydrogen-bond donors (Lipinski definition) is 4. The molecule has 4 saturated heterocycles. The first-order chi connectivity index (χ1) is 47.5. The summed E-state index contributed by atoms with van der Waals surface area (Å²) >= 11 is 0. The second-order valence-electron chi connectivity index (χ2n) is 26.0. The smallest absolute Gasteiger partial charge is 0.130 e. The summed E-state index contributed by atoms with van der Waals surface area (Å²) in [6, 6.07) is 31.3. The lowest BCUT2D eigenvalue weighted by Crippen LogP contribution is -2.49. The lowest BCUT2D eigenvalue weighted by Gasteiger charge is -2.37. The van der Waals surface area contributed by atoms with Gasteiger partial charge in [-0.15, -0.1) is 0 Å². The van der Waals surface area contributed by atoms with Gasteiger partial charge < -0.3 is 63.5 Å². The number of rotatable bonds is 24. The molecule has 8 aromatic rings. The van der Waals surface area contributed by atoms with Gasteiger partial charge in [-0.3, -0.25) is 4.68 Å². The van der Waals surface area contributed by atoms with Crippen LogP contribution < -0.4 is 33.6 Å². The molecule has 4 aromatic carbocycles. The molecule has 0 saturated carbocycles. The predicted molar refractivity (Wildman–Crippen MR) is 390 cm³/mol. The number of ether oxygens (including phenoxy) is 6. The van der Waals surface area contributed by atoms with Crippen molar-refractivity contribution in [2.24, 2.45) is 5.92 Å². The first-order valence-corrected chi connectivity index (χ1v) is 34.3. The molecule has 98 heavy (non-hydrogen) atoms. The van der Waals surface area contributed by atoms with Crippen LogP contribution in [-0.4, -0.2) is 150 Å². The lowest BCUT2D eigenvalue weighted by atomic mass is 9.93. The molecule has 12 rings (SSSR count). The molecular weight excluding hydrogens is 1240 g/mol. The Morgan fingerprint density at radius 3 is 1.20 bits per heavy atom. The van der Waals surface area contributed by atoms with Gasteiger partial charge >= 0.3 is 0 Å². The van der Waals surface area contributed by atoms with Crippen LogP contribution in [0.5, 0.6) is 46.0 Å². The predicted octanol–water partition coefficient (Wildman–Crippen LogP) is 14.8. The average molecular weight is 1340 g/mol. The Hall–Kier alpha value is -9.60. The number of anilines is 3. The number of aromatic nitrogens is 8. The zero-order chi connectivity index (χ0) is 69.8. The molecule has 4 aliphatic heterocycles. The van der Waals surface area contributed by atoms with E-state index in [1.54, 1.807) is 72.8 Å². The summed E-state index contributed by atoms with van der Waals surface area (Å²) in [5, 5.41) is 57.5. The fourth-order valence-electron chi connectivity index (χ4n) is 13.0. The molecule has 0 amide bonds. The topological polar surface area (TPSA) is 217 Å². The van der Waals surface area contributed by atoms with Crippen LogP contribution in [0.25, 0.3) is 24.3 Å². The van der Waals surface area contributed by atoms with Crippen molar-refractivity contribution in [3.8, 4) is 46.0 Å². The molecule has 0 spiro atoms. The second kappa shape index (κ2) is 35.1. The quantitative estimate of drug-likeness (QED) is 0.0442. The van der Waals surface area contributed by atoms with Crippen molar-refractivity contribution in [1.29, 1.82) is 0 Å². The molecule has 21 heteroatoms. The summed E-state index contributed by atoms with van der Waals surface area (Å²) in [7, 11) is 0. The Morgan fingerprint density at radius 1 is 0.418 bits per heavy atom. The minimum Gasteiger partial charge on any atom is -0.507 e. The second-order valence-corrected chi connectivity index (χ2v) is 26.0. The van der Waals surface area contributed by atoms with Crippen molar-refractivity contribution in [2.45, 2.75) is 136 Å². The van der Waals surface area contributed by atoms with E-state index >= 15 is 0 Å². The zero-order valence-electron chi connectivity index (χ0n) is 58.4. The highest BCUT2D eigenvalue weighted by molar-refractivity contribution is 5.65. The Bertz CT molecular complexity index is 3600. The van der Waals surface area contributed by atoms with Crippen LogP contribution in [0.4, 0.5) is 17.5 Å². The van der Waals surface area contributed by atoms with E-state index in [1.807, 2.05) is 59.8 Å². The highest BCUT2D eigenvalue weighted by atomic mass is 16.5. The Labute approximate surface area is 578 Å². The summed E-state index contributed by atoms with van der Waals surface area (Å²) in [6.45, 7) is 39.7. The van der Waals surface area contributed by atoms with Crippen LogP contribution in [-0.2, 0) is 9.47 Å². The van der Waals surface area contributed by atoms with Gasteiger partial charge in [-0.25, -0.2) is 14.0 Å². The van der Waals surface area contributed by atoms with Gasteiger partial charge in [0.1, 0.15) is 83.3 Å². The third-order valence-corrected chi connectivity index (χ3v) is 18.0. The normalized spacial score (nSPS) is 18.3. The lowest BCUT2D eigenvalue weighted by molar-refractivity contribution is 0.0758. The van der Waals surface area contributed by atoms with Crippen LogP contribution in [0.3, 0.4) is 0 Å². The van der Waals surface area contributed by atoms with Crippen LogP contribution >= 0.6 is 0 Å². The standard InChI is InChI=1S/C20H27N3O2.C19H25N3O3.C19H25N3O2.C19H24N2O3/c1-4-17-18(24)9-7-10-19(17)25-14-16-8-5-6-13-22(16)20-11-12-21-23(20)15(2)3;1-4-16-17(23)6-5-7-18(16)25-13-15-12-24-11-10-21(15)19-8-9-20-22(19)14(2)3;1-4-16-17(23)8-5-9-18(16)24-13-15-7-6-12-21(15)19-10-11-20-22(19)14(2)3;1-4-15-18(22)6-5-7-19(15)24-11-14-10-23-12-16(14)17-8-9-20-21(17)13(2)3/h4,7,9-12,15-16,24H,1,5-6,8,13-14H2,2-3H3;4-9,14-15,23H,1,10-13H2,2-3H3;4-5,8-11,14-15,23H,1,6-7,12-13H2,2-3H3;4-9,13-14,16,22H,1,10-12H2,2-3H3. The molecule has 0 radical (unpaired) electrons. The van der Waals surface area contributed by atoms with Gasteiger partial charge in [0.2, 0.25) is 0 Å². The van der Waals surface area contributed by atoms with Crippen LogP contribution in [0.2, 0.25) is 0 Å². The molecule has 0 aliphatic carbocycles. The monoisotopic (exact) mass is 1340 g/mol. The third-order valence-electron chi connectivity index (χ3n) is 18.0. The molecule has 524 valence electrons. The molecule has 0 bridgehead atoms. The molecule has 4 N–H and O–H groups in total. The van der Waals surface area contributed by atoms with Gasteiger partial charge in [0, 0.05) is 85.7 Å². The number of phenolic OH excluding ortho intramolecular Hbond substituents is 4. The number of benzene rings is 4. The maximum Gasteiger partial charge on any atom is 0.130 e. The summed E-state index contributed by atoms with van der Waals surface area (Å²) in [5.41, 5.74) is 3.72. The van der Waals surface area contributed by atoms with Gasteiger partial charge in [-0.05, 0) is 142 Å². The highest BCUT2D eigenvalue weighted by Gasteiger charge is 2.34. The Morgan fingerprint density at radius 2 is 0.786 bits per heavy atom. The maximum absolute atomic E-state index is 9.95. The number of aromatic hydroxyl groups is 4. The van der Waals surface area contributed by atoms with E-state index in [0.29, 0.717) is 128 Å². The molecule has 21 nitrogen and oxygen atoms in total. The molecule has 4 aromatic heterocycles. The van der Waals surface area contributed by atoms with Crippen molar-refractivity contribution in [3.63, 3.8) is 0 Å². The fourth-order valence-corrected chi connectivity index (χ4v) is 13.0. The van der Waals surface area contributed by atoms with Crippen molar-refractivity contribution in [2.75, 3.05) is 87.2 Å². The van der Waals surface area contributed by atoms with Crippen LogP contribution in [0, 0.1) is 5.92 Å². The van der Waals surface area contributed by atoms with Gasteiger partial charge in [0.25, 0.3) is 0 Å². The summed E-state index contributed by atoms with van der Waals surface area (Å²) < 4.78 is 43.6. The summed E-state index contributed by atoms with van der Waals surface area (Å²) in [4.78, 5) is 7.07. The van der Waals surface area contributed by atoms with Crippen molar-refractivity contribution in [3.05, 3.63) is 176 Å². The molecule has 4 aliphatic rings. The molecule has 8 heterocycles. The minimum absolute atomic E-state index is 0.0722. The zero-order valence-corrected chi connectivity index (χ0v) is 58.4. The molecule has 5 atom stereocenters. The maximum atomic E-state index is 9.95. The van der Waals surface area contributed by atoms with Crippen LogP contribution in [0.15, 0.2) is 148 Å². The molecule has 5 unspecified atom stereocenters. The Balaban J connectivity index is 0.000000153. The van der Waals surface area contributed by atoms with Gasteiger partial charge in [0.05, 0.1) is 92.0 Å². The third kappa shape index (κ3) is 17.8. The molecular formula is C77H101N11O10. The van der Waals surface area contributed by atoms with E-state index in [0.717, 1.165) is 56.4 Å². The van der Waals surface area contributed by atoms with E-state index in [-0.39, 0.29) is 46.9 Å². The van der Waals surface area contributed by atoms with Crippen molar-refractivity contribution in [1.82, 2.24) is 39.1 Å². The first kappa shape index (κ1) is 72.7. The van der Waals surface area contributed by atoms with Gasteiger partial charge in [0.15, 0.2) is 0 Å². The van der Waals surface area contributed by atoms with E-state index < -0.39 is 0 Å². The van der Waals surface area contributed by atoms with Crippen molar-refractivity contribution >= 4 is 41.8 Å². The van der Waals surface area contributed by atoms with Crippen molar-refractivity contribution < 1.29 is 48.8 Å². The van der Waals surface area contributed by atoms with E-state index in [4.69, 9.17) is 28.4 Å². The largest absolute Gasteiger partial charge is 0.507 e. The molecule has 4 fully saturated rings. The summed E-state index contributed by atoms with van der Waals surface area (Å²) in [5.74, 6) is 7.26. The Kier molecular flexibility index (Phi) is 26.0. The fraction of sp³-hybridized carbons (Fsp3) is 0.429. The SMILES string of the molecule is C=Cc1c(O)cccc1OCC1CCCCN1c1ccnn1C(C)C.C=Cc1c(O)cccc1OCC1CCCN1c1ccnn1C(C)C.C=Cc1c(O)cccc1OCC1COCC1c1ccnn1C(C)C.C=Cc1c(O)cccc1OCC1COCCN1c1ccnn1C(C)C. The average Bonchev–Trinajstić information content (AvgIpc) is 1.60. The number of hydrogen-bond acceptors (Lipinski definition) is 17. The number of morpholine rings is 1. The van der Waals surface area contributed by atoms with Gasteiger partial charge in [-0.2, -0.15) is 20.4 Å². The van der Waals surface area contributed by atoms with E-state index in [9.17, 15) is 20.4 Å². The number of piperidine rings is 1. The number of nitrogens with zero attached hydrogens (tertiary/aromatic N) is 11. The minimum atomic E-state index is 0.0722. The number of phenols is 4. The van der Waals surface area contributed by atoms with E-state index in [1.165, 1.54) is 18.5 Å². The first-order valence-electron chi connectivity index (χ1n) is 34.3. The summed E-state index contributed by atoms with van der Waals surface area (Å²) in [6.07, 6.45) is 19.6. The van der Waals surface area contributed by atoms with Crippen LogP contribution in [0.1, 0.15) is 146 Å². The highest BCUT2D eigenvalue weighted by Crippen LogP contribution is 2.37. The van der Waals surface area contributed by atoms with Gasteiger partial charge in [-0.1, -0.05) is 74.9 Å². The van der Waals surface area contributed by atoms with E-state index in [2.05, 4.69) is 149 Å².